The summed E-state index contributed by atoms with van der Waals surface area (Å²) < 4.78 is 21.2. The molecule has 0 aromatic heterocycles. The van der Waals surface area contributed by atoms with Gasteiger partial charge in [0.15, 0.2) is 0 Å². The summed E-state index contributed by atoms with van der Waals surface area (Å²) in [6.45, 7) is 6.04. The average molecular weight is 409 g/mol. The van der Waals surface area contributed by atoms with Gasteiger partial charge in [-0.3, -0.25) is 4.57 Å². The van der Waals surface area contributed by atoms with Crippen molar-refractivity contribution in [3.63, 3.8) is 0 Å². The molecule has 0 amide bonds. The van der Waals surface area contributed by atoms with Crippen LogP contribution in [-0.2, 0) is 13.8 Å². The molecular formula is C21H45O5P. The molecule has 0 saturated carbocycles. The second-order valence-corrected chi connectivity index (χ2v) is 9.82. The number of unbranched alkanes of at least 4 members (excludes halogenated alkanes) is 11. The molecule has 1 unspecified atom stereocenters. The first-order valence-electron chi connectivity index (χ1n) is 11.1. The summed E-state index contributed by atoms with van der Waals surface area (Å²) >= 11 is 0. The summed E-state index contributed by atoms with van der Waals surface area (Å²) in [4.78, 5) is 9.02. The number of rotatable bonds is 21. The zero-order chi connectivity index (χ0) is 20.2. The van der Waals surface area contributed by atoms with Crippen LogP contribution in [0.5, 0.6) is 0 Å². The predicted octanol–water partition coefficient (Wildman–Crippen LogP) is 6.27. The summed E-state index contributed by atoms with van der Waals surface area (Å²) in [7, 11) is -3.77. The summed E-state index contributed by atoms with van der Waals surface area (Å²) in [5, 5.41) is 8.58. The molecule has 1 atom stereocenters. The Balaban J connectivity index is 3.08. The van der Waals surface area contributed by atoms with Gasteiger partial charge in [-0.2, -0.15) is 0 Å². The number of hydrogen-bond acceptors (Lipinski definition) is 4. The summed E-state index contributed by atoms with van der Waals surface area (Å²) in [5.74, 6) is 0.859. The predicted molar refractivity (Wildman–Crippen MR) is 113 cm³/mol. The normalized spacial score (nSPS) is 14.0. The van der Waals surface area contributed by atoms with Crippen molar-refractivity contribution in [2.75, 3.05) is 26.2 Å². The van der Waals surface area contributed by atoms with Crippen LogP contribution in [0.25, 0.3) is 0 Å². The van der Waals surface area contributed by atoms with Crippen molar-refractivity contribution >= 4 is 7.60 Å². The smallest absolute Gasteiger partial charge is 0.353 e. The number of aliphatic hydroxyl groups excluding tert-OH is 1. The largest absolute Gasteiger partial charge is 0.384 e. The Hall–Kier alpha value is 0.0700. The van der Waals surface area contributed by atoms with Gasteiger partial charge in [-0.05, 0) is 18.8 Å². The van der Waals surface area contributed by atoms with Crippen LogP contribution in [0.4, 0.5) is 0 Å². The fraction of sp³-hybridized carbons (Fsp3) is 1.00. The molecule has 164 valence electrons. The Morgan fingerprint density at radius 2 is 1.15 bits per heavy atom. The van der Waals surface area contributed by atoms with Gasteiger partial charge in [0.25, 0.3) is 0 Å². The van der Waals surface area contributed by atoms with Gasteiger partial charge >= 0.3 is 7.60 Å². The highest BCUT2D eigenvalue weighted by Gasteiger charge is 2.16. The van der Waals surface area contributed by atoms with Crippen molar-refractivity contribution in [2.24, 2.45) is 5.92 Å². The van der Waals surface area contributed by atoms with Crippen molar-refractivity contribution in [3.8, 4) is 0 Å². The van der Waals surface area contributed by atoms with E-state index in [-0.39, 0.29) is 6.61 Å². The molecule has 0 aliphatic rings. The molecule has 0 bridgehead atoms. The molecule has 0 aliphatic carbocycles. The van der Waals surface area contributed by atoms with Gasteiger partial charge in [0, 0.05) is 13.2 Å². The van der Waals surface area contributed by atoms with Gasteiger partial charge in [-0.1, -0.05) is 90.9 Å². The van der Waals surface area contributed by atoms with Gasteiger partial charge < -0.3 is 19.3 Å². The Morgan fingerprint density at radius 3 is 1.63 bits per heavy atom. The topological polar surface area (TPSA) is 76.0 Å². The third-order valence-corrected chi connectivity index (χ3v) is 5.67. The Bertz CT molecular complexity index is 349. The minimum atomic E-state index is -3.77. The molecule has 0 saturated heterocycles. The van der Waals surface area contributed by atoms with Gasteiger partial charge in [0.1, 0.15) is 6.35 Å². The SMILES string of the molecule is CC(C)CCCCCCCCCCCCCCOCCCOP(=O)(O)CO. The molecule has 0 rings (SSSR count). The highest BCUT2D eigenvalue weighted by molar-refractivity contribution is 7.52. The van der Waals surface area contributed by atoms with Crippen molar-refractivity contribution in [2.45, 2.75) is 104 Å². The second-order valence-electron chi connectivity index (χ2n) is 8.00. The molecule has 0 radical (unpaired) electrons. The third kappa shape index (κ3) is 22.2. The van der Waals surface area contributed by atoms with Gasteiger partial charge in [-0.15, -0.1) is 0 Å². The molecule has 27 heavy (non-hydrogen) atoms. The van der Waals surface area contributed by atoms with Crippen LogP contribution < -0.4 is 0 Å². The number of hydrogen-bond donors (Lipinski definition) is 2. The second kappa shape index (κ2) is 19.4. The Labute approximate surface area is 167 Å². The fourth-order valence-corrected chi connectivity index (χ4v) is 3.53. The zero-order valence-corrected chi connectivity index (χ0v) is 18.8. The summed E-state index contributed by atoms with van der Waals surface area (Å²) in [6.07, 6.45) is 17.2. The quantitative estimate of drug-likeness (QED) is 0.173. The lowest BCUT2D eigenvalue weighted by molar-refractivity contribution is 0.112. The molecule has 0 aromatic rings. The van der Waals surface area contributed by atoms with Crippen LogP contribution in [0.1, 0.15) is 104 Å². The van der Waals surface area contributed by atoms with E-state index in [9.17, 15) is 4.57 Å². The lowest BCUT2D eigenvalue weighted by atomic mass is 10.0. The monoisotopic (exact) mass is 408 g/mol. The zero-order valence-electron chi connectivity index (χ0n) is 17.9. The maximum Gasteiger partial charge on any atom is 0.353 e. The van der Waals surface area contributed by atoms with E-state index in [1.807, 2.05) is 0 Å². The molecule has 0 aromatic carbocycles. The van der Waals surface area contributed by atoms with Crippen LogP contribution in [0, 0.1) is 5.92 Å². The summed E-state index contributed by atoms with van der Waals surface area (Å²) in [6, 6.07) is 0. The van der Waals surface area contributed by atoms with Crippen molar-refractivity contribution in [3.05, 3.63) is 0 Å². The lowest BCUT2D eigenvalue weighted by Gasteiger charge is -2.09. The van der Waals surface area contributed by atoms with Crippen LogP contribution in [0.3, 0.4) is 0 Å². The molecule has 6 heteroatoms. The first-order valence-corrected chi connectivity index (χ1v) is 12.9. The van der Waals surface area contributed by atoms with E-state index in [1.165, 1.54) is 77.0 Å². The molecule has 2 N–H and O–H groups in total. The van der Waals surface area contributed by atoms with Crippen LogP contribution >= 0.6 is 7.60 Å². The van der Waals surface area contributed by atoms with Crippen LogP contribution in [0.2, 0.25) is 0 Å². The van der Waals surface area contributed by atoms with Crippen molar-refractivity contribution < 1.29 is 23.8 Å². The highest BCUT2D eigenvalue weighted by Crippen LogP contribution is 2.40. The van der Waals surface area contributed by atoms with Gasteiger partial charge in [0.2, 0.25) is 0 Å². The van der Waals surface area contributed by atoms with E-state index in [2.05, 4.69) is 13.8 Å². The fourth-order valence-electron chi connectivity index (χ4n) is 3.04. The summed E-state index contributed by atoms with van der Waals surface area (Å²) in [5.41, 5.74) is 0. The first kappa shape index (κ1) is 27.1. The Kier molecular flexibility index (Phi) is 19.4. The molecule has 5 nitrogen and oxygen atoms in total. The van der Waals surface area contributed by atoms with Crippen molar-refractivity contribution in [1.82, 2.24) is 0 Å². The van der Waals surface area contributed by atoms with E-state index in [4.69, 9.17) is 19.3 Å². The molecule has 0 heterocycles. The van der Waals surface area contributed by atoms with Crippen molar-refractivity contribution in [1.29, 1.82) is 0 Å². The number of aliphatic hydroxyl groups is 1. The van der Waals surface area contributed by atoms with Gasteiger partial charge in [0.05, 0.1) is 6.61 Å². The van der Waals surface area contributed by atoms with E-state index < -0.39 is 13.9 Å². The third-order valence-electron chi connectivity index (χ3n) is 4.72. The molecule has 0 aliphatic heterocycles. The minimum Gasteiger partial charge on any atom is -0.384 e. The maximum atomic E-state index is 11.0. The van der Waals surface area contributed by atoms with E-state index >= 15 is 0 Å². The molecular weight excluding hydrogens is 363 g/mol. The van der Waals surface area contributed by atoms with Crippen LogP contribution in [-0.4, -0.2) is 36.2 Å². The number of ether oxygens (including phenoxy) is 1. The molecule has 0 fully saturated rings. The van der Waals surface area contributed by atoms with E-state index in [1.54, 1.807) is 0 Å². The first-order chi connectivity index (χ1) is 13.0. The van der Waals surface area contributed by atoms with E-state index in [0.717, 1.165) is 18.9 Å². The highest BCUT2D eigenvalue weighted by atomic mass is 31.2. The average Bonchev–Trinajstić information content (AvgIpc) is 2.63. The maximum absolute atomic E-state index is 11.0. The standard InChI is InChI=1S/C21H45O5P/c1-21(2)16-13-11-9-7-5-3-4-6-8-10-12-14-17-25-18-15-19-26-27(23,24)20-22/h21-22H,3-20H2,1-2H3,(H,23,24). The molecule has 0 spiro atoms. The lowest BCUT2D eigenvalue weighted by Crippen LogP contribution is -2.02. The van der Waals surface area contributed by atoms with Gasteiger partial charge in [-0.25, -0.2) is 0 Å². The minimum absolute atomic E-state index is 0.145. The van der Waals surface area contributed by atoms with Crippen LogP contribution in [0.15, 0.2) is 0 Å². The Morgan fingerprint density at radius 1 is 0.704 bits per heavy atom. The van der Waals surface area contributed by atoms with E-state index in [0.29, 0.717) is 13.0 Å².